The summed E-state index contributed by atoms with van der Waals surface area (Å²) >= 11 is 0. The van der Waals surface area contributed by atoms with Crippen molar-refractivity contribution in [2.75, 3.05) is 19.3 Å². The Bertz CT molecular complexity index is 635. The number of rotatable bonds is 4. The van der Waals surface area contributed by atoms with E-state index in [0.29, 0.717) is 17.4 Å². The van der Waals surface area contributed by atoms with Gasteiger partial charge in [0.25, 0.3) is 5.91 Å². The molecule has 0 aromatic heterocycles. The Morgan fingerprint density at radius 2 is 1.83 bits per heavy atom. The number of nitrogens with zero attached hydrogens (tertiary/aromatic N) is 1. The second kappa shape index (κ2) is 7.47. The van der Waals surface area contributed by atoms with Crippen LogP contribution in [0.4, 0.5) is 0 Å². The van der Waals surface area contributed by atoms with Crippen LogP contribution in [0, 0.1) is 11.8 Å². The summed E-state index contributed by atoms with van der Waals surface area (Å²) in [5, 5.41) is 0. The Kier molecular flexibility index (Phi) is 5.84. The van der Waals surface area contributed by atoms with Crippen molar-refractivity contribution in [3.8, 4) is 0 Å². The van der Waals surface area contributed by atoms with Gasteiger partial charge < -0.3 is 4.90 Å². The van der Waals surface area contributed by atoms with Crippen molar-refractivity contribution < 1.29 is 13.2 Å². The molecule has 1 saturated heterocycles. The van der Waals surface area contributed by atoms with Gasteiger partial charge in [0.2, 0.25) is 0 Å². The molecular formula is C18H27NO3S. The minimum atomic E-state index is -3.05. The van der Waals surface area contributed by atoms with Crippen molar-refractivity contribution in [1.29, 1.82) is 0 Å². The van der Waals surface area contributed by atoms with Crippen LogP contribution in [-0.4, -0.2) is 38.6 Å². The summed E-state index contributed by atoms with van der Waals surface area (Å²) in [4.78, 5) is 14.6. The van der Waals surface area contributed by atoms with Crippen LogP contribution >= 0.6 is 0 Å². The first-order chi connectivity index (χ1) is 10.8. The molecule has 1 atom stereocenters. The van der Waals surface area contributed by atoms with E-state index in [0.717, 1.165) is 31.5 Å². The van der Waals surface area contributed by atoms with Crippen LogP contribution < -0.4 is 0 Å². The molecule has 0 spiro atoms. The quantitative estimate of drug-likeness (QED) is 0.848. The lowest BCUT2D eigenvalue weighted by atomic mass is 9.89. The molecule has 128 valence electrons. The summed E-state index contributed by atoms with van der Waals surface area (Å²) in [7, 11) is -3.05. The summed E-state index contributed by atoms with van der Waals surface area (Å²) in [5.41, 5.74) is 1.37. The van der Waals surface area contributed by atoms with E-state index in [4.69, 9.17) is 0 Å². The maximum Gasteiger partial charge on any atom is 0.253 e. The van der Waals surface area contributed by atoms with Crippen molar-refractivity contribution in [3.05, 3.63) is 35.4 Å². The highest BCUT2D eigenvalue weighted by Crippen LogP contribution is 2.25. The van der Waals surface area contributed by atoms with Crippen LogP contribution in [-0.2, 0) is 15.6 Å². The van der Waals surface area contributed by atoms with Gasteiger partial charge in [-0.05, 0) is 48.8 Å². The van der Waals surface area contributed by atoms with Gasteiger partial charge in [-0.1, -0.05) is 26.0 Å². The van der Waals surface area contributed by atoms with Crippen LogP contribution in [0.1, 0.15) is 49.0 Å². The molecule has 1 aliphatic heterocycles. The minimum absolute atomic E-state index is 0.0151. The van der Waals surface area contributed by atoms with Gasteiger partial charge in [0.05, 0.1) is 5.75 Å². The lowest BCUT2D eigenvalue weighted by Crippen LogP contribution is -2.32. The molecule has 23 heavy (non-hydrogen) atoms. The Morgan fingerprint density at radius 3 is 2.39 bits per heavy atom. The van der Waals surface area contributed by atoms with Gasteiger partial charge in [-0.15, -0.1) is 0 Å². The van der Waals surface area contributed by atoms with Gasteiger partial charge in [-0.3, -0.25) is 4.79 Å². The van der Waals surface area contributed by atoms with Crippen molar-refractivity contribution in [2.45, 2.75) is 38.9 Å². The second-order valence-electron chi connectivity index (χ2n) is 6.99. The molecule has 0 radical (unpaired) electrons. The molecule has 1 aromatic rings. The fourth-order valence-corrected chi connectivity index (χ4v) is 4.02. The fourth-order valence-electron chi connectivity index (χ4n) is 3.22. The molecule has 0 bridgehead atoms. The maximum atomic E-state index is 12.6. The Balaban J connectivity index is 2.02. The molecule has 1 heterocycles. The molecule has 1 fully saturated rings. The van der Waals surface area contributed by atoms with Gasteiger partial charge in [0.1, 0.15) is 0 Å². The SMILES string of the molecule is CC(C)[C@H]1CCCN(C(=O)c2ccc(CS(C)(=O)=O)cc2)CC1. The summed E-state index contributed by atoms with van der Waals surface area (Å²) in [6.07, 6.45) is 4.53. The molecule has 0 N–H and O–H groups in total. The predicted molar refractivity (Wildman–Crippen MR) is 93.1 cm³/mol. The zero-order chi connectivity index (χ0) is 17.0. The highest BCUT2D eigenvalue weighted by Gasteiger charge is 2.23. The van der Waals surface area contributed by atoms with E-state index < -0.39 is 9.84 Å². The molecule has 0 aliphatic carbocycles. The maximum absolute atomic E-state index is 12.6. The normalized spacial score (nSPS) is 19.7. The van der Waals surface area contributed by atoms with Crippen molar-refractivity contribution in [3.63, 3.8) is 0 Å². The summed E-state index contributed by atoms with van der Waals surface area (Å²) in [6.45, 7) is 6.13. The molecular weight excluding hydrogens is 310 g/mol. The average Bonchev–Trinajstić information content (AvgIpc) is 2.71. The molecule has 0 unspecified atom stereocenters. The Morgan fingerprint density at radius 1 is 1.17 bits per heavy atom. The zero-order valence-electron chi connectivity index (χ0n) is 14.3. The van der Waals surface area contributed by atoms with Gasteiger partial charge >= 0.3 is 0 Å². The van der Waals surface area contributed by atoms with Gasteiger partial charge in [-0.2, -0.15) is 0 Å². The van der Waals surface area contributed by atoms with Crippen LogP contribution in [0.2, 0.25) is 0 Å². The standard InChI is InChI=1S/C18H27NO3S/c1-14(2)16-5-4-11-19(12-10-16)18(20)17-8-6-15(7-9-17)13-23(3,21)22/h6-9,14,16H,4-5,10-13H2,1-3H3/t16-/m0/s1. The van der Waals surface area contributed by atoms with Gasteiger partial charge in [0.15, 0.2) is 9.84 Å². The highest BCUT2D eigenvalue weighted by molar-refractivity contribution is 7.89. The van der Waals surface area contributed by atoms with Crippen LogP contribution in [0.15, 0.2) is 24.3 Å². The first-order valence-corrected chi connectivity index (χ1v) is 10.4. The summed E-state index contributed by atoms with van der Waals surface area (Å²) < 4.78 is 22.6. The number of carbonyl (C=O) groups excluding carboxylic acids is 1. The monoisotopic (exact) mass is 337 g/mol. The third-order valence-corrected chi connectivity index (χ3v) is 5.49. The van der Waals surface area contributed by atoms with E-state index in [9.17, 15) is 13.2 Å². The first-order valence-electron chi connectivity index (χ1n) is 8.32. The van der Waals surface area contributed by atoms with Gasteiger partial charge in [-0.25, -0.2) is 8.42 Å². The van der Waals surface area contributed by atoms with Crippen LogP contribution in [0.25, 0.3) is 0 Å². The van der Waals surface area contributed by atoms with E-state index in [1.165, 1.54) is 12.7 Å². The molecule has 1 amide bonds. The van der Waals surface area contributed by atoms with E-state index in [2.05, 4.69) is 13.8 Å². The van der Waals surface area contributed by atoms with E-state index >= 15 is 0 Å². The van der Waals surface area contributed by atoms with Crippen molar-refractivity contribution >= 4 is 15.7 Å². The number of sulfone groups is 1. The van der Waals surface area contributed by atoms with Crippen LogP contribution in [0.5, 0.6) is 0 Å². The Labute approximate surface area is 139 Å². The fraction of sp³-hybridized carbons (Fsp3) is 0.611. The highest BCUT2D eigenvalue weighted by atomic mass is 32.2. The minimum Gasteiger partial charge on any atom is -0.339 e. The summed E-state index contributed by atoms with van der Waals surface area (Å²) in [6, 6.07) is 6.97. The van der Waals surface area contributed by atoms with E-state index in [1.807, 2.05) is 4.90 Å². The number of hydrogen-bond acceptors (Lipinski definition) is 3. The average molecular weight is 337 g/mol. The smallest absolute Gasteiger partial charge is 0.253 e. The third-order valence-electron chi connectivity index (χ3n) is 4.63. The molecule has 4 nitrogen and oxygen atoms in total. The summed E-state index contributed by atoms with van der Waals surface area (Å²) in [5.74, 6) is 1.44. The topological polar surface area (TPSA) is 54.5 Å². The third kappa shape index (κ3) is 5.34. The molecule has 1 aromatic carbocycles. The van der Waals surface area contributed by atoms with E-state index in [1.54, 1.807) is 24.3 Å². The van der Waals surface area contributed by atoms with E-state index in [-0.39, 0.29) is 11.7 Å². The van der Waals surface area contributed by atoms with Crippen LogP contribution in [0.3, 0.4) is 0 Å². The number of benzene rings is 1. The van der Waals surface area contributed by atoms with Crippen molar-refractivity contribution in [2.24, 2.45) is 11.8 Å². The van der Waals surface area contributed by atoms with Gasteiger partial charge in [0, 0.05) is 24.9 Å². The largest absolute Gasteiger partial charge is 0.339 e. The molecule has 5 heteroatoms. The molecule has 0 saturated carbocycles. The molecule has 1 aliphatic rings. The lowest BCUT2D eigenvalue weighted by molar-refractivity contribution is 0.0759. The molecule has 2 rings (SSSR count). The second-order valence-corrected chi connectivity index (χ2v) is 9.13. The van der Waals surface area contributed by atoms with Crippen molar-refractivity contribution in [1.82, 2.24) is 4.90 Å². The number of likely N-dealkylation sites (tertiary alicyclic amines) is 1. The number of hydrogen-bond donors (Lipinski definition) is 0. The first kappa shape index (κ1) is 18.0. The Hall–Kier alpha value is -1.36. The number of carbonyl (C=O) groups is 1. The lowest BCUT2D eigenvalue weighted by Gasteiger charge is -2.21. The number of amides is 1. The zero-order valence-corrected chi connectivity index (χ0v) is 15.1. The predicted octanol–water partition coefficient (Wildman–Crippen LogP) is 3.13.